The van der Waals surface area contributed by atoms with Crippen molar-refractivity contribution in [2.45, 2.75) is 25.3 Å². The summed E-state index contributed by atoms with van der Waals surface area (Å²) in [6, 6.07) is 5.62. The van der Waals surface area contributed by atoms with Crippen LogP contribution in [-0.4, -0.2) is 29.8 Å². The van der Waals surface area contributed by atoms with E-state index in [9.17, 15) is 9.59 Å². The predicted octanol–water partition coefficient (Wildman–Crippen LogP) is 0.939. The standard InChI is InChI=1S/C13H19N3O4/c14-9-4-6-10(7-5-9)20-13(19)16-8-2-1-3-11(15)12(17)18/h4-7,11H,1-3,8,14-15H2,(H,16,19)(H,17,18). The molecule has 0 saturated carbocycles. The van der Waals surface area contributed by atoms with Gasteiger partial charge in [-0.1, -0.05) is 0 Å². The summed E-state index contributed by atoms with van der Waals surface area (Å²) in [5.74, 6) is -0.606. The number of hydrogen-bond acceptors (Lipinski definition) is 5. The van der Waals surface area contributed by atoms with Gasteiger partial charge in [0.2, 0.25) is 0 Å². The number of nitrogen functional groups attached to an aromatic ring is 1. The molecule has 0 aliphatic heterocycles. The average molecular weight is 281 g/mol. The number of unbranched alkanes of at least 4 members (excludes halogenated alkanes) is 1. The highest BCUT2D eigenvalue weighted by Gasteiger charge is 2.10. The van der Waals surface area contributed by atoms with Crippen LogP contribution in [0, 0.1) is 0 Å². The number of carbonyl (C=O) groups excluding carboxylic acids is 1. The van der Waals surface area contributed by atoms with Crippen LogP contribution in [0.3, 0.4) is 0 Å². The van der Waals surface area contributed by atoms with Gasteiger partial charge >= 0.3 is 12.1 Å². The molecule has 7 heteroatoms. The Morgan fingerprint density at radius 3 is 2.50 bits per heavy atom. The molecule has 20 heavy (non-hydrogen) atoms. The first-order chi connectivity index (χ1) is 9.49. The molecule has 110 valence electrons. The molecule has 1 aromatic rings. The lowest BCUT2D eigenvalue weighted by atomic mass is 10.1. The van der Waals surface area contributed by atoms with E-state index < -0.39 is 18.1 Å². The van der Waals surface area contributed by atoms with Crippen LogP contribution >= 0.6 is 0 Å². The molecule has 1 amide bonds. The van der Waals surface area contributed by atoms with Gasteiger partial charge in [0.25, 0.3) is 0 Å². The molecule has 6 N–H and O–H groups in total. The third kappa shape index (κ3) is 6.05. The Balaban J connectivity index is 2.14. The second-order valence-corrected chi connectivity index (χ2v) is 4.33. The Hall–Kier alpha value is -2.28. The third-order valence-corrected chi connectivity index (χ3v) is 2.62. The fourth-order valence-electron chi connectivity index (χ4n) is 1.48. The number of nitrogens with two attached hydrogens (primary N) is 2. The summed E-state index contributed by atoms with van der Waals surface area (Å²) >= 11 is 0. The fourth-order valence-corrected chi connectivity index (χ4v) is 1.48. The molecule has 1 rings (SSSR count). The summed E-state index contributed by atoms with van der Waals surface area (Å²) in [5, 5.41) is 11.2. The van der Waals surface area contributed by atoms with Crippen molar-refractivity contribution in [3.8, 4) is 5.75 Å². The van der Waals surface area contributed by atoms with Crippen molar-refractivity contribution < 1.29 is 19.4 Å². The molecular weight excluding hydrogens is 262 g/mol. The van der Waals surface area contributed by atoms with Gasteiger partial charge in [-0.25, -0.2) is 4.79 Å². The van der Waals surface area contributed by atoms with Gasteiger partial charge in [0.15, 0.2) is 0 Å². The number of aliphatic carboxylic acids is 1. The van der Waals surface area contributed by atoms with E-state index >= 15 is 0 Å². The van der Waals surface area contributed by atoms with Crippen LogP contribution in [0.4, 0.5) is 10.5 Å². The lowest BCUT2D eigenvalue weighted by molar-refractivity contribution is -0.138. The molecule has 0 aromatic heterocycles. The molecule has 1 unspecified atom stereocenters. The summed E-state index contributed by atoms with van der Waals surface area (Å²) in [6.07, 6.45) is 1.08. The van der Waals surface area contributed by atoms with Gasteiger partial charge in [-0.2, -0.15) is 0 Å². The van der Waals surface area contributed by atoms with Crippen molar-refractivity contribution >= 4 is 17.7 Å². The second kappa shape index (κ2) is 8.00. The average Bonchev–Trinajstić information content (AvgIpc) is 2.40. The van der Waals surface area contributed by atoms with Crippen molar-refractivity contribution in [1.82, 2.24) is 5.32 Å². The fraction of sp³-hybridized carbons (Fsp3) is 0.385. The van der Waals surface area contributed by atoms with Gasteiger partial charge in [0.05, 0.1) is 0 Å². The molecule has 0 fully saturated rings. The Morgan fingerprint density at radius 1 is 1.25 bits per heavy atom. The third-order valence-electron chi connectivity index (χ3n) is 2.62. The maximum absolute atomic E-state index is 11.4. The first kappa shape index (κ1) is 15.8. The summed E-state index contributed by atoms with van der Waals surface area (Å²) in [4.78, 5) is 21.9. The molecule has 7 nitrogen and oxygen atoms in total. The Morgan fingerprint density at radius 2 is 1.90 bits per heavy atom. The molecule has 0 radical (unpaired) electrons. The van der Waals surface area contributed by atoms with Gasteiger partial charge in [-0.15, -0.1) is 0 Å². The van der Waals surface area contributed by atoms with Crippen molar-refractivity contribution in [1.29, 1.82) is 0 Å². The van der Waals surface area contributed by atoms with E-state index in [0.717, 1.165) is 0 Å². The molecule has 0 heterocycles. The SMILES string of the molecule is Nc1ccc(OC(=O)NCCCCC(N)C(=O)O)cc1. The van der Waals surface area contributed by atoms with E-state index in [2.05, 4.69) is 5.32 Å². The highest BCUT2D eigenvalue weighted by molar-refractivity contribution is 5.73. The lowest BCUT2D eigenvalue weighted by Gasteiger charge is -2.08. The quantitative estimate of drug-likeness (QED) is 0.435. The Labute approximate surface area is 116 Å². The summed E-state index contributed by atoms with van der Waals surface area (Å²) < 4.78 is 5.01. The van der Waals surface area contributed by atoms with E-state index in [-0.39, 0.29) is 0 Å². The van der Waals surface area contributed by atoms with E-state index in [1.165, 1.54) is 0 Å². The first-order valence-electron chi connectivity index (χ1n) is 6.28. The molecule has 0 aliphatic carbocycles. The van der Waals surface area contributed by atoms with Gasteiger partial charge in [0.1, 0.15) is 11.8 Å². The largest absolute Gasteiger partial charge is 0.480 e. The van der Waals surface area contributed by atoms with E-state index in [1.54, 1.807) is 24.3 Å². The van der Waals surface area contributed by atoms with Gasteiger partial charge in [-0.3, -0.25) is 4.79 Å². The molecule has 0 spiro atoms. The highest BCUT2D eigenvalue weighted by Crippen LogP contribution is 2.12. The predicted molar refractivity (Wildman–Crippen MR) is 74.3 cm³/mol. The smallest absolute Gasteiger partial charge is 0.412 e. The minimum Gasteiger partial charge on any atom is -0.480 e. The van der Waals surface area contributed by atoms with E-state index in [4.69, 9.17) is 21.3 Å². The van der Waals surface area contributed by atoms with Crippen molar-refractivity contribution in [3.05, 3.63) is 24.3 Å². The minimum absolute atomic E-state index is 0.379. The molecule has 0 bridgehead atoms. The Bertz CT molecular complexity index is 447. The lowest BCUT2D eigenvalue weighted by Crippen LogP contribution is -2.31. The first-order valence-corrected chi connectivity index (χ1v) is 6.28. The number of ether oxygens (including phenoxy) is 1. The number of carboxylic acids is 1. The van der Waals surface area contributed by atoms with E-state index in [0.29, 0.717) is 37.2 Å². The number of nitrogens with one attached hydrogen (secondary N) is 1. The normalized spacial score (nSPS) is 11.7. The van der Waals surface area contributed by atoms with Crippen LogP contribution in [-0.2, 0) is 4.79 Å². The van der Waals surface area contributed by atoms with Crippen LogP contribution in [0.1, 0.15) is 19.3 Å². The topological polar surface area (TPSA) is 128 Å². The van der Waals surface area contributed by atoms with Crippen molar-refractivity contribution in [2.75, 3.05) is 12.3 Å². The molecular formula is C13H19N3O4. The van der Waals surface area contributed by atoms with Crippen LogP contribution in [0.15, 0.2) is 24.3 Å². The molecule has 0 saturated heterocycles. The number of anilines is 1. The summed E-state index contributed by atoms with van der Waals surface area (Å²) in [7, 11) is 0. The number of benzene rings is 1. The highest BCUT2D eigenvalue weighted by atomic mass is 16.6. The number of hydrogen-bond donors (Lipinski definition) is 4. The Kier molecular flexibility index (Phi) is 6.31. The van der Waals surface area contributed by atoms with Crippen LogP contribution < -0.4 is 21.5 Å². The zero-order valence-corrected chi connectivity index (χ0v) is 11.0. The van der Waals surface area contributed by atoms with Crippen LogP contribution in [0.2, 0.25) is 0 Å². The van der Waals surface area contributed by atoms with Gasteiger partial charge in [-0.05, 0) is 43.5 Å². The van der Waals surface area contributed by atoms with Gasteiger partial charge < -0.3 is 26.6 Å². The van der Waals surface area contributed by atoms with Crippen LogP contribution in [0.5, 0.6) is 5.75 Å². The van der Waals surface area contributed by atoms with Crippen molar-refractivity contribution in [2.24, 2.45) is 5.73 Å². The maximum Gasteiger partial charge on any atom is 0.412 e. The number of carboxylic acid groups (broad SMARTS) is 1. The second-order valence-electron chi connectivity index (χ2n) is 4.33. The van der Waals surface area contributed by atoms with E-state index in [1.807, 2.05) is 0 Å². The minimum atomic E-state index is -1.01. The molecule has 1 aromatic carbocycles. The maximum atomic E-state index is 11.4. The molecule has 1 atom stereocenters. The number of rotatable bonds is 7. The number of carbonyl (C=O) groups is 2. The summed E-state index contributed by atoms with van der Waals surface area (Å²) in [5.41, 5.74) is 11.4. The van der Waals surface area contributed by atoms with Crippen LogP contribution in [0.25, 0.3) is 0 Å². The molecule has 0 aliphatic rings. The summed E-state index contributed by atoms with van der Waals surface area (Å²) in [6.45, 7) is 0.403. The monoisotopic (exact) mass is 281 g/mol. The number of amides is 1. The zero-order chi connectivity index (χ0) is 15.0. The zero-order valence-electron chi connectivity index (χ0n) is 11.0. The van der Waals surface area contributed by atoms with Gasteiger partial charge in [0, 0.05) is 12.2 Å². The van der Waals surface area contributed by atoms with Crippen molar-refractivity contribution in [3.63, 3.8) is 0 Å².